The molecule has 0 spiro atoms. The number of aryl methyl sites for hydroxylation is 2. The number of furan rings is 1. The summed E-state index contributed by atoms with van der Waals surface area (Å²) in [6, 6.07) is 13.9. The van der Waals surface area contributed by atoms with E-state index >= 15 is 0 Å². The molecule has 0 fully saturated rings. The van der Waals surface area contributed by atoms with E-state index < -0.39 is 0 Å². The van der Waals surface area contributed by atoms with Crippen molar-refractivity contribution in [2.24, 2.45) is 0 Å². The van der Waals surface area contributed by atoms with Crippen LogP contribution in [0.4, 0.5) is 0 Å². The number of hydrogen-bond donors (Lipinski definition) is 1. The van der Waals surface area contributed by atoms with Crippen molar-refractivity contribution in [1.82, 2.24) is 0 Å². The quantitative estimate of drug-likeness (QED) is 0.517. The number of fused-ring (bicyclic) bond motifs is 1. The van der Waals surface area contributed by atoms with Gasteiger partial charge in [-0.15, -0.1) is 11.3 Å². The van der Waals surface area contributed by atoms with Crippen LogP contribution in [0.5, 0.6) is 0 Å². The van der Waals surface area contributed by atoms with E-state index in [2.05, 4.69) is 30.5 Å². The van der Waals surface area contributed by atoms with Crippen LogP contribution in [0, 0.1) is 13.8 Å². The van der Waals surface area contributed by atoms with Crippen LogP contribution in [0.3, 0.4) is 0 Å². The van der Waals surface area contributed by atoms with E-state index in [0.717, 1.165) is 41.9 Å². The molecule has 4 nitrogen and oxygen atoms in total. The van der Waals surface area contributed by atoms with Gasteiger partial charge >= 0.3 is 5.63 Å². The number of nitrogens with one attached hydrogen (secondary N) is 1. The Labute approximate surface area is 161 Å². The predicted molar refractivity (Wildman–Crippen MR) is 107 cm³/mol. The van der Waals surface area contributed by atoms with Gasteiger partial charge < -0.3 is 13.7 Å². The number of quaternary nitrogens is 1. The molecule has 0 saturated carbocycles. The van der Waals surface area contributed by atoms with Crippen molar-refractivity contribution in [3.05, 3.63) is 91.9 Å². The number of rotatable bonds is 6. The van der Waals surface area contributed by atoms with Gasteiger partial charge in [-0.1, -0.05) is 6.07 Å². The molecule has 3 aromatic heterocycles. The zero-order valence-electron chi connectivity index (χ0n) is 15.5. The maximum absolute atomic E-state index is 12.1. The fourth-order valence-electron chi connectivity index (χ4n) is 3.41. The lowest BCUT2D eigenvalue weighted by molar-refractivity contribution is -0.941. The summed E-state index contributed by atoms with van der Waals surface area (Å²) >= 11 is 1.75. The standard InChI is InChI=1S/C22H21NO3S/c1-15-9-20-17(11-22(24)26-21(20)10-16(15)2)12-23(13-18-5-3-7-25-18)14-19-6-4-8-27-19/h3-11H,12-14H2,1-2H3/p+1. The summed E-state index contributed by atoms with van der Waals surface area (Å²) in [5.41, 5.74) is 3.70. The minimum Gasteiger partial charge on any atom is -0.463 e. The van der Waals surface area contributed by atoms with E-state index in [1.54, 1.807) is 23.7 Å². The summed E-state index contributed by atoms with van der Waals surface area (Å²) in [4.78, 5) is 14.8. The first-order valence-corrected chi connectivity index (χ1v) is 9.89. The summed E-state index contributed by atoms with van der Waals surface area (Å²) in [6.07, 6.45) is 1.71. The molecule has 138 valence electrons. The van der Waals surface area contributed by atoms with E-state index in [1.165, 1.54) is 15.3 Å². The number of benzene rings is 1. The van der Waals surface area contributed by atoms with Crippen molar-refractivity contribution in [2.45, 2.75) is 33.5 Å². The van der Waals surface area contributed by atoms with E-state index in [4.69, 9.17) is 8.83 Å². The van der Waals surface area contributed by atoms with Crippen LogP contribution in [-0.4, -0.2) is 0 Å². The summed E-state index contributed by atoms with van der Waals surface area (Å²) in [6.45, 7) is 6.49. The molecule has 1 atom stereocenters. The van der Waals surface area contributed by atoms with Gasteiger partial charge in [0.05, 0.1) is 11.1 Å². The summed E-state index contributed by atoms with van der Waals surface area (Å²) in [7, 11) is 0. The second kappa shape index (κ2) is 7.55. The Morgan fingerprint density at radius 2 is 1.85 bits per heavy atom. The molecule has 0 radical (unpaired) electrons. The summed E-state index contributed by atoms with van der Waals surface area (Å²) < 4.78 is 11.0. The molecule has 3 heterocycles. The minimum absolute atomic E-state index is 0.297. The van der Waals surface area contributed by atoms with Gasteiger partial charge in [0.2, 0.25) is 0 Å². The largest absolute Gasteiger partial charge is 0.463 e. The summed E-state index contributed by atoms with van der Waals surface area (Å²) in [5.74, 6) is 0.945. The highest BCUT2D eigenvalue weighted by molar-refractivity contribution is 7.09. The first-order chi connectivity index (χ1) is 13.1. The van der Waals surface area contributed by atoms with Gasteiger partial charge in [0.1, 0.15) is 25.2 Å². The molecule has 1 aromatic carbocycles. The fraction of sp³-hybridized carbons (Fsp3) is 0.227. The second-order valence-electron chi connectivity index (χ2n) is 6.96. The molecule has 4 aromatic rings. The maximum Gasteiger partial charge on any atom is 0.336 e. The Morgan fingerprint density at radius 1 is 1.00 bits per heavy atom. The van der Waals surface area contributed by atoms with Crippen LogP contribution < -0.4 is 10.5 Å². The Bertz CT molecular complexity index is 1060. The molecule has 0 aliphatic heterocycles. The molecule has 1 unspecified atom stereocenters. The van der Waals surface area contributed by atoms with Crippen LogP contribution in [0.25, 0.3) is 11.0 Å². The van der Waals surface area contributed by atoms with Gasteiger partial charge in [-0.2, -0.15) is 0 Å². The molecule has 4 rings (SSSR count). The highest BCUT2D eigenvalue weighted by Crippen LogP contribution is 2.21. The smallest absolute Gasteiger partial charge is 0.336 e. The molecular weight excluding hydrogens is 358 g/mol. The Hall–Kier alpha value is -2.63. The zero-order valence-corrected chi connectivity index (χ0v) is 16.3. The maximum atomic E-state index is 12.1. The van der Waals surface area contributed by atoms with E-state index in [-0.39, 0.29) is 5.63 Å². The third kappa shape index (κ3) is 4.04. The number of thiophene rings is 1. The zero-order chi connectivity index (χ0) is 18.8. The second-order valence-corrected chi connectivity index (χ2v) is 7.99. The lowest BCUT2D eigenvalue weighted by Gasteiger charge is -2.19. The van der Waals surface area contributed by atoms with E-state index in [1.807, 2.05) is 25.1 Å². The van der Waals surface area contributed by atoms with Crippen LogP contribution in [-0.2, 0) is 19.6 Å². The van der Waals surface area contributed by atoms with Crippen molar-refractivity contribution in [2.75, 3.05) is 0 Å². The molecule has 0 aliphatic carbocycles. The Kier molecular flexibility index (Phi) is 4.97. The molecule has 0 saturated heterocycles. The average molecular weight is 380 g/mol. The van der Waals surface area contributed by atoms with Crippen molar-refractivity contribution in [1.29, 1.82) is 0 Å². The van der Waals surface area contributed by atoms with Gasteiger partial charge in [-0.05, 0) is 60.7 Å². The SMILES string of the molecule is Cc1cc2oc(=O)cc(C[NH+](Cc3ccco3)Cc3cccs3)c2cc1C. The van der Waals surface area contributed by atoms with Crippen LogP contribution in [0.2, 0.25) is 0 Å². The van der Waals surface area contributed by atoms with Crippen molar-refractivity contribution in [3.63, 3.8) is 0 Å². The third-order valence-electron chi connectivity index (χ3n) is 4.89. The summed E-state index contributed by atoms with van der Waals surface area (Å²) in [5, 5.41) is 3.11. The highest BCUT2D eigenvalue weighted by Gasteiger charge is 2.17. The lowest BCUT2D eigenvalue weighted by Crippen LogP contribution is -3.08. The average Bonchev–Trinajstić information content (AvgIpc) is 3.30. The molecule has 0 aliphatic rings. The molecule has 1 N–H and O–H groups in total. The van der Waals surface area contributed by atoms with E-state index in [0.29, 0.717) is 5.58 Å². The minimum atomic E-state index is -0.297. The third-order valence-corrected chi connectivity index (χ3v) is 5.77. The van der Waals surface area contributed by atoms with Crippen molar-refractivity contribution in [3.8, 4) is 0 Å². The predicted octanol–water partition coefficient (Wildman–Crippen LogP) is 3.85. The first kappa shape index (κ1) is 17.8. The monoisotopic (exact) mass is 380 g/mol. The Morgan fingerprint density at radius 3 is 2.59 bits per heavy atom. The molecule has 0 amide bonds. The topological polar surface area (TPSA) is 47.8 Å². The van der Waals surface area contributed by atoms with Gasteiger partial charge in [0.25, 0.3) is 0 Å². The van der Waals surface area contributed by atoms with Crippen LogP contribution in [0.1, 0.15) is 27.3 Å². The van der Waals surface area contributed by atoms with Gasteiger partial charge in [-0.25, -0.2) is 4.79 Å². The molecule has 5 heteroatoms. The van der Waals surface area contributed by atoms with Gasteiger partial charge in [0.15, 0.2) is 5.76 Å². The van der Waals surface area contributed by atoms with E-state index in [9.17, 15) is 4.79 Å². The molecule has 27 heavy (non-hydrogen) atoms. The van der Waals surface area contributed by atoms with Crippen molar-refractivity contribution < 1.29 is 13.7 Å². The molecular formula is C22H22NO3S+. The van der Waals surface area contributed by atoms with Gasteiger partial charge in [-0.3, -0.25) is 0 Å². The highest BCUT2D eigenvalue weighted by atomic mass is 32.1. The van der Waals surface area contributed by atoms with Gasteiger partial charge in [0, 0.05) is 17.0 Å². The van der Waals surface area contributed by atoms with Crippen LogP contribution in [0.15, 0.2) is 67.7 Å². The first-order valence-electron chi connectivity index (χ1n) is 9.01. The Balaban J connectivity index is 1.71. The normalized spacial score (nSPS) is 12.5. The number of hydrogen-bond acceptors (Lipinski definition) is 4. The fourth-order valence-corrected chi connectivity index (χ4v) is 4.18. The van der Waals surface area contributed by atoms with Crippen molar-refractivity contribution >= 4 is 22.3 Å². The molecule has 0 bridgehead atoms. The lowest BCUT2D eigenvalue weighted by atomic mass is 10.0. The van der Waals surface area contributed by atoms with Crippen LogP contribution >= 0.6 is 11.3 Å².